The third-order valence-corrected chi connectivity index (χ3v) is 6.26. The highest BCUT2D eigenvalue weighted by Gasteiger charge is 2.33. The zero-order valence-electron chi connectivity index (χ0n) is 21.6. The summed E-state index contributed by atoms with van der Waals surface area (Å²) in [4.78, 5) is 9.73. The van der Waals surface area contributed by atoms with Gasteiger partial charge in [0.25, 0.3) is 6.47 Å². The monoisotopic (exact) mass is 512 g/mol. The molecule has 1 aliphatic carbocycles. The van der Waals surface area contributed by atoms with Gasteiger partial charge in [-0.15, -0.1) is 6.42 Å². The molecule has 8 nitrogen and oxygen atoms in total. The van der Waals surface area contributed by atoms with E-state index in [1.54, 1.807) is 16.9 Å². The topological polar surface area (TPSA) is 100 Å². The Balaban J connectivity index is 0.000000317. The fourth-order valence-corrected chi connectivity index (χ4v) is 4.04. The van der Waals surface area contributed by atoms with Gasteiger partial charge in [-0.3, -0.25) is 4.79 Å². The summed E-state index contributed by atoms with van der Waals surface area (Å²) in [5, 5.41) is 7.84. The van der Waals surface area contributed by atoms with Gasteiger partial charge in [0, 0.05) is 17.5 Å². The SMILES string of the molecule is C#Cc1cnn2cc(N)c(C)c2c1NCC1=CCC=C(Oc2ccccc2)C=C1.CC1(COC=O)COC1. The third kappa shape index (κ3) is 6.44. The van der Waals surface area contributed by atoms with E-state index in [9.17, 15) is 4.79 Å². The molecule has 0 atom stereocenters. The number of terminal acetylenes is 1. The molecular formula is C30H32N4O4. The summed E-state index contributed by atoms with van der Waals surface area (Å²) in [6.45, 7) is 7.00. The van der Waals surface area contributed by atoms with Crippen LogP contribution in [-0.4, -0.2) is 42.5 Å². The molecule has 1 fully saturated rings. The van der Waals surface area contributed by atoms with Crippen molar-refractivity contribution in [2.75, 3.05) is 37.4 Å². The number of allylic oxidation sites excluding steroid dienone is 3. The van der Waals surface area contributed by atoms with Crippen LogP contribution in [0.3, 0.4) is 0 Å². The number of hydrogen-bond donors (Lipinski definition) is 2. The van der Waals surface area contributed by atoms with Gasteiger partial charge in [-0.1, -0.05) is 43.2 Å². The number of carbonyl (C=O) groups is 1. The maximum atomic E-state index is 9.73. The summed E-state index contributed by atoms with van der Waals surface area (Å²) >= 11 is 0. The van der Waals surface area contributed by atoms with Gasteiger partial charge in [-0.2, -0.15) is 5.10 Å². The first-order chi connectivity index (χ1) is 18.4. The standard InChI is InChI=1S/C24H22N4O.C6H10O3/c1-3-19-15-27-28-16-22(25)17(2)24(28)23(19)26-14-18-8-7-11-21(13-12-18)29-20-9-5-4-6-10-20;1-6(2-8-3-6)4-9-5-7/h1,4-6,8-13,15-16,26H,7,14,25H2,2H3;5H,2-4H2,1H3. The molecule has 1 aliphatic heterocycles. The summed E-state index contributed by atoms with van der Waals surface area (Å²) < 4.78 is 17.2. The number of ether oxygens (including phenoxy) is 3. The molecule has 3 N–H and O–H groups in total. The molecule has 1 saturated heterocycles. The van der Waals surface area contributed by atoms with Gasteiger partial charge < -0.3 is 25.3 Å². The lowest BCUT2D eigenvalue weighted by molar-refractivity contribution is -0.153. The molecule has 2 aliphatic rings. The Morgan fingerprint density at radius 2 is 2.05 bits per heavy atom. The first-order valence-corrected chi connectivity index (χ1v) is 12.3. The number of fused-ring (bicyclic) bond motifs is 1. The molecule has 3 aromatic rings. The molecule has 8 heteroatoms. The van der Waals surface area contributed by atoms with E-state index >= 15 is 0 Å². The Kier molecular flexibility index (Phi) is 8.51. The van der Waals surface area contributed by atoms with Gasteiger partial charge in [0.05, 0.1) is 48.1 Å². The summed E-state index contributed by atoms with van der Waals surface area (Å²) in [6.07, 6.45) is 18.2. The van der Waals surface area contributed by atoms with Gasteiger partial charge >= 0.3 is 0 Å². The molecule has 196 valence electrons. The van der Waals surface area contributed by atoms with Crippen molar-refractivity contribution in [2.24, 2.45) is 5.41 Å². The van der Waals surface area contributed by atoms with Crippen LogP contribution in [0.4, 0.5) is 11.4 Å². The molecular weight excluding hydrogens is 480 g/mol. The molecule has 38 heavy (non-hydrogen) atoms. The molecule has 0 bridgehead atoms. The first kappa shape index (κ1) is 26.6. The van der Waals surface area contributed by atoms with Crippen molar-refractivity contribution in [1.29, 1.82) is 0 Å². The second-order valence-electron chi connectivity index (χ2n) is 9.51. The van der Waals surface area contributed by atoms with Gasteiger partial charge in [-0.25, -0.2) is 4.52 Å². The van der Waals surface area contributed by atoms with Crippen molar-refractivity contribution < 1.29 is 19.0 Å². The molecule has 2 aromatic heterocycles. The number of anilines is 2. The number of nitrogens with two attached hydrogens (primary N) is 1. The van der Waals surface area contributed by atoms with Crippen molar-refractivity contribution >= 4 is 23.4 Å². The number of nitrogen functional groups attached to an aromatic ring is 1. The highest BCUT2D eigenvalue weighted by Crippen LogP contribution is 2.29. The van der Waals surface area contributed by atoms with Gasteiger partial charge in [0.2, 0.25) is 0 Å². The number of aryl methyl sites for hydroxylation is 1. The lowest BCUT2D eigenvalue weighted by Gasteiger charge is -2.36. The largest absolute Gasteiger partial charge is 0.467 e. The Hall–Kier alpha value is -4.48. The van der Waals surface area contributed by atoms with Crippen LogP contribution in [0, 0.1) is 24.7 Å². The predicted molar refractivity (Wildman–Crippen MR) is 149 cm³/mol. The minimum atomic E-state index is 0.0981. The number of rotatable bonds is 8. The summed E-state index contributed by atoms with van der Waals surface area (Å²) in [5.74, 6) is 4.36. The van der Waals surface area contributed by atoms with Crippen LogP contribution in [0.2, 0.25) is 0 Å². The highest BCUT2D eigenvalue weighted by atomic mass is 16.5. The molecule has 0 radical (unpaired) electrons. The molecule has 0 saturated carbocycles. The van der Waals surface area contributed by atoms with E-state index in [2.05, 4.69) is 39.3 Å². The Morgan fingerprint density at radius 1 is 1.26 bits per heavy atom. The predicted octanol–water partition coefficient (Wildman–Crippen LogP) is 4.66. The number of hydrogen-bond acceptors (Lipinski definition) is 7. The van der Waals surface area contributed by atoms with Crippen molar-refractivity contribution in [3.63, 3.8) is 0 Å². The van der Waals surface area contributed by atoms with Gasteiger partial charge in [0.15, 0.2) is 0 Å². The van der Waals surface area contributed by atoms with E-state index < -0.39 is 0 Å². The second-order valence-corrected chi connectivity index (χ2v) is 9.51. The Labute approximate surface area is 222 Å². The fraction of sp³-hybridized carbons (Fsp3) is 0.267. The summed E-state index contributed by atoms with van der Waals surface area (Å²) in [7, 11) is 0. The zero-order valence-corrected chi connectivity index (χ0v) is 21.6. The van der Waals surface area contributed by atoms with Crippen molar-refractivity contribution in [3.05, 3.63) is 89.5 Å². The molecule has 1 aromatic carbocycles. The van der Waals surface area contributed by atoms with Crippen LogP contribution in [0.1, 0.15) is 24.5 Å². The number of para-hydroxylation sites is 1. The van der Waals surface area contributed by atoms with Gasteiger partial charge in [0.1, 0.15) is 18.1 Å². The lowest BCUT2D eigenvalue weighted by atomic mass is 9.90. The van der Waals surface area contributed by atoms with Crippen LogP contribution in [-0.2, 0) is 14.3 Å². The number of nitrogens with zero attached hydrogens (tertiary/aromatic N) is 2. The lowest BCUT2D eigenvalue weighted by Crippen LogP contribution is -2.43. The number of carbonyl (C=O) groups excluding carboxylic acids is 1. The minimum absolute atomic E-state index is 0.0981. The molecule has 0 spiro atoms. The van der Waals surface area contributed by atoms with Crippen molar-refractivity contribution in [3.8, 4) is 18.1 Å². The Bertz CT molecular complexity index is 1410. The molecule has 3 heterocycles. The van der Waals surface area contributed by atoms with Crippen LogP contribution >= 0.6 is 0 Å². The van der Waals surface area contributed by atoms with Crippen LogP contribution in [0.5, 0.6) is 5.75 Å². The normalized spacial score (nSPS) is 15.5. The minimum Gasteiger partial charge on any atom is -0.467 e. The molecule has 0 amide bonds. The van der Waals surface area contributed by atoms with Gasteiger partial charge in [-0.05, 0) is 43.2 Å². The number of nitrogens with one attached hydrogen (secondary N) is 1. The maximum Gasteiger partial charge on any atom is 0.293 e. The smallest absolute Gasteiger partial charge is 0.293 e. The van der Waals surface area contributed by atoms with Crippen LogP contribution in [0.15, 0.2) is 78.4 Å². The zero-order chi connectivity index (χ0) is 27.0. The third-order valence-electron chi connectivity index (χ3n) is 6.26. The van der Waals surface area contributed by atoms with E-state index in [1.165, 1.54) is 0 Å². The van der Waals surface area contributed by atoms with Crippen LogP contribution < -0.4 is 15.8 Å². The highest BCUT2D eigenvalue weighted by molar-refractivity contribution is 5.84. The van der Waals surface area contributed by atoms with E-state index in [1.807, 2.05) is 50.3 Å². The van der Waals surface area contributed by atoms with Crippen molar-refractivity contribution in [2.45, 2.75) is 20.3 Å². The van der Waals surface area contributed by atoms with E-state index in [0.29, 0.717) is 44.1 Å². The number of aromatic nitrogens is 2. The maximum absolute atomic E-state index is 9.73. The fourth-order valence-electron chi connectivity index (χ4n) is 4.04. The average Bonchev–Trinajstić information content (AvgIpc) is 3.05. The summed E-state index contributed by atoms with van der Waals surface area (Å²) in [6, 6.07) is 9.77. The van der Waals surface area contributed by atoms with E-state index in [0.717, 1.165) is 40.3 Å². The van der Waals surface area contributed by atoms with E-state index in [4.69, 9.17) is 21.6 Å². The molecule has 5 rings (SSSR count). The summed E-state index contributed by atoms with van der Waals surface area (Å²) in [5.41, 5.74) is 11.4. The number of benzene rings is 1. The van der Waals surface area contributed by atoms with Crippen LogP contribution in [0.25, 0.3) is 5.52 Å². The second kappa shape index (κ2) is 12.2. The van der Waals surface area contributed by atoms with Crippen molar-refractivity contribution in [1.82, 2.24) is 9.61 Å². The Morgan fingerprint density at radius 3 is 2.74 bits per heavy atom. The first-order valence-electron chi connectivity index (χ1n) is 12.3. The van der Waals surface area contributed by atoms with E-state index in [-0.39, 0.29) is 5.41 Å². The average molecular weight is 513 g/mol. The molecule has 0 unspecified atom stereocenters. The quantitative estimate of drug-likeness (QED) is 0.334.